The van der Waals surface area contributed by atoms with Crippen molar-refractivity contribution in [3.8, 4) is 0 Å². The van der Waals surface area contributed by atoms with Crippen LogP contribution in [-0.2, 0) is 0 Å². The molecule has 1 aliphatic carbocycles. The molecule has 0 N–H and O–H groups in total. The monoisotopic (exact) mass is 252 g/mol. The summed E-state index contributed by atoms with van der Waals surface area (Å²) in [4.78, 5) is 23.6. The fraction of sp³-hybridized carbons (Fsp3) is 0.417. The average molecular weight is 252 g/mol. The molecule has 0 radical (unpaired) electrons. The van der Waals surface area contributed by atoms with Gasteiger partial charge in [0.25, 0.3) is 5.91 Å². The van der Waals surface area contributed by atoms with Gasteiger partial charge in [-0.15, -0.1) is 0 Å². The molecular formula is C12H13FN2O3. The summed E-state index contributed by atoms with van der Waals surface area (Å²) in [5.74, 6) is -1.20. The summed E-state index contributed by atoms with van der Waals surface area (Å²) in [6.45, 7) is 2.41. The normalized spacial score (nSPS) is 14.3. The van der Waals surface area contributed by atoms with E-state index in [1.165, 1.54) is 6.07 Å². The molecule has 96 valence electrons. The molecule has 0 heterocycles. The van der Waals surface area contributed by atoms with E-state index in [-0.39, 0.29) is 17.5 Å². The first kappa shape index (κ1) is 12.5. The summed E-state index contributed by atoms with van der Waals surface area (Å²) in [5, 5.41) is 10.6. The van der Waals surface area contributed by atoms with Crippen molar-refractivity contribution in [1.29, 1.82) is 0 Å². The van der Waals surface area contributed by atoms with E-state index in [0.717, 1.165) is 25.0 Å². The maximum absolute atomic E-state index is 13.2. The van der Waals surface area contributed by atoms with Crippen LogP contribution in [0.15, 0.2) is 18.2 Å². The van der Waals surface area contributed by atoms with Gasteiger partial charge in [-0.3, -0.25) is 14.9 Å². The second-order valence-corrected chi connectivity index (χ2v) is 4.25. The van der Waals surface area contributed by atoms with Crippen LogP contribution in [0.1, 0.15) is 30.1 Å². The lowest BCUT2D eigenvalue weighted by Gasteiger charge is -2.20. The second-order valence-electron chi connectivity index (χ2n) is 4.25. The highest BCUT2D eigenvalue weighted by molar-refractivity contribution is 5.95. The zero-order valence-corrected chi connectivity index (χ0v) is 9.93. The van der Waals surface area contributed by atoms with Crippen molar-refractivity contribution >= 4 is 11.6 Å². The minimum absolute atomic E-state index is 0.164. The van der Waals surface area contributed by atoms with Crippen molar-refractivity contribution in [2.45, 2.75) is 25.8 Å². The van der Waals surface area contributed by atoms with Crippen LogP contribution in [0.5, 0.6) is 0 Å². The lowest BCUT2D eigenvalue weighted by Crippen LogP contribution is -2.32. The molecule has 1 aliphatic rings. The molecule has 18 heavy (non-hydrogen) atoms. The van der Waals surface area contributed by atoms with Crippen molar-refractivity contribution in [3.63, 3.8) is 0 Å². The van der Waals surface area contributed by atoms with E-state index in [9.17, 15) is 19.3 Å². The van der Waals surface area contributed by atoms with Crippen molar-refractivity contribution in [3.05, 3.63) is 39.7 Å². The predicted molar refractivity (Wildman–Crippen MR) is 62.8 cm³/mol. The number of hydrogen-bond acceptors (Lipinski definition) is 3. The largest absolute Gasteiger partial charge is 0.336 e. The molecule has 6 heteroatoms. The minimum atomic E-state index is -0.925. The van der Waals surface area contributed by atoms with E-state index in [2.05, 4.69) is 0 Å². The molecule has 0 atom stereocenters. The molecule has 0 aliphatic heterocycles. The number of carbonyl (C=O) groups is 1. The van der Waals surface area contributed by atoms with Crippen molar-refractivity contribution in [2.75, 3.05) is 6.54 Å². The lowest BCUT2D eigenvalue weighted by molar-refractivity contribution is -0.387. The van der Waals surface area contributed by atoms with Gasteiger partial charge in [0, 0.05) is 24.2 Å². The minimum Gasteiger partial charge on any atom is -0.336 e. The Hall–Kier alpha value is -1.98. The quantitative estimate of drug-likeness (QED) is 0.610. The number of carbonyl (C=O) groups excluding carboxylic acids is 1. The van der Waals surface area contributed by atoms with Gasteiger partial charge in [-0.1, -0.05) is 0 Å². The van der Waals surface area contributed by atoms with Crippen molar-refractivity contribution in [1.82, 2.24) is 4.90 Å². The molecule has 5 nitrogen and oxygen atoms in total. The summed E-state index contributed by atoms with van der Waals surface area (Å²) in [5.41, 5.74) is -0.496. The van der Waals surface area contributed by atoms with Gasteiger partial charge in [0.05, 0.1) is 4.92 Å². The number of nitrogens with zero attached hydrogens (tertiary/aromatic N) is 2. The first-order valence-electron chi connectivity index (χ1n) is 5.79. The van der Waals surface area contributed by atoms with E-state index >= 15 is 0 Å². The first-order chi connectivity index (χ1) is 8.54. The maximum atomic E-state index is 13.2. The molecule has 0 spiro atoms. The summed E-state index contributed by atoms with van der Waals surface area (Å²) in [6, 6.07) is 3.48. The Balaban J connectivity index is 2.30. The lowest BCUT2D eigenvalue weighted by atomic mass is 10.1. The van der Waals surface area contributed by atoms with Crippen molar-refractivity contribution in [2.24, 2.45) is 0 Å². The van der Waals surface area contributed by atoms with Gasteiger partial charge in [-0.2, -0.15) is 4.39 Å². The third-order valence-corrected chi connectivity index (χ3v) is 2.98. The molecule has 1 fully saturated rings. The summed E-state index contributed by atoms with van der Waals surface area (Å²) >= 11 is 0. The van der Waals surface area contributed by atoms with Crippen LogP contribution in [0.2, 0.25) is 0 Å². The Morgan fingerprint density at radius 2 is 2.22 bits per heavy atom. The third kappa shape index (κ3) is 2.32. The van der Waals surface area contributed by atoms with E-state index in [1.807, 2.05) is 6.92 Å². The number of nitro groups is 1. The molecule has 1 saturated carbocycles. The number of hydrogen-bond donors (Lipinski definition) is 0. The van der Waals surface area contributed by atoms with Gasteiger partial charge in [-0.25, -0.2) is 0 Å². The summed E-state index contributed by atoms with van der Waals surface area (Å²) < 4.78 is 13.2. The van der Waals surface area contributed by atoms with Gasteiger partial charge in [-0.05, 0) is 31.9 Å². The molecule has 0 aromatic heterocycles. The van der Waals surface area contributed by atoms with Crippen LogP contribution < -0.4 is 0 Å². The Morgan fingerprint density at radius 1 is 1.56 bits per heavy atom. The molecule has 1 aromatic carbocycles. The smallest absolute Gasteiger partial charge is 0.305 e. The molecule has 0 saturated heterocycles. The number of amides is 1. The standard InChI is InChI=1S/C12H13FN2O3/c1-2-14(9-4-5-9)12(16)8-3-6-10(13)11(7-8)15(17)18/h3,6-7,9H,2,4-5H2,1H3. The number of benzene rings is 1. The number of halogens is 1. The third-order valence-electron chi connectivity index (χ3n) is 2.98. The number of rotatable bonds is 4. The molecule has 2 rings (SSSR count). The SMILES string of the molecule is CCN(C(=O)c1ccc(F)c([N+](=O)[O-])c1)C1CC1. The molecule has 0 unspecified atom stereocenters. The van der Waals surface area contributed by atoms with Crippen LogP contribution in [0, 0.1) is 15.9 Å². The average Bonchev–Trinajstić information content (AvgIpc) is 3.14. The highest BCUT2D eigenvalue weighted by atomic mass is 19.1. The number of nitro benzene ring substituents is 1. The molecule has 1 amide bonds. The van der Waals surface area contributed by atoms with Gasteiger partial charge in [0.15, 0.2) is 0 Å². The van der Waals surface area contributed by atoms with E-state index in [0.29, 0.717) is 6.54 Å². The van der Waals surface area contributed by atoms with Crippen LogP contribution in [0.4, 0.5) is 10.1 Å². The van der Waals surface area contributed by atoms with Gasteiger partial charge < -0.3 is 4.90 Å². The Labute approximate surface area is 103 Å². The molecular weight excluding hydrogens is 239 g/mol. The Bertz CT molecular complexity index is 500. The second kappa shape index (κ2) is 4.72. The zero-order valence-electron chi connectivity index (χ0n) is 9.93. The summed E-state index contributed by atoms with van der Waals surface area (Å²) in [7, 11) is 0. The van der Waals surface area contributed by atoms with E-state index in [4.69, 9.17) is 0 Å². The topological polar surface area (TPSA) is 63.5 Å². The Morgan fingerprint density at radius 3 is 2.72 bits per heavy atom. The van der Waals surface area contributed by atoms with Crippen LogP contribution in [-0.4, -0.2) is 28.3 Å². The van der Waals surface area contributed by atoms with Gasteiger partial charge in [0.2, 0.25) is 5.82 Å². The molecule has 0 bridgehead atoms. The van der Waals surface area contributed by atoms with Gasteiger partial charge in [0.1, 0.15) is 0 Å². The first-order valence-corrected chi connectivity index (χ1v) is 5.79. The van der Waals surface area contributed by atoms with E-state index < -0.39 is 16.4 Å². The van der Waals surface area contributed by atoms with E-state index in [1.54, 1.807) is 4.90 Å². The fourth-order valence-corrected chi connectivity index (χ4v) is 1.91. The molecule has 1 aromatic rings. The fourth-order valence-electron chi connectivity index (χ4n) is 1.91. The Kier molecular flexibility index (Phi) is 3.27. The van der Waals surface area contributed by atoms with Gasteiger partial charge >= 0.3 is 5.69 Å². The summed E-state index contributed by atoms with van der Waals surface area (Å²) in [6.07, 6.45) is 1.92. The van der Waals surface area contributed by atoms with Crippen LogP contribution in [0.3, 0.4) is 0 Å². The van der Waals surface area contributed by atoms with Crippen LogP contribution in [0.25, 0.3) is 0 Å². The zero-order chi connectivity index (χ0) is 13.3. The predicted octanol–water partition coefficient (Wildman–Crippen LogP) is 2.36. The highest BCUT2D eigenvalue weighted by Crippen LogP contribution is 2.28. The maximum Gasteiger partial charge on any atom is 0.305 e. The van der Waals surface area contributed by atoms with Crippen molar-refractivity contribution < 1.29 is 14.1 Å². The van der Waals surface area contributed by atoms with Crippen LogP contribution >= 0.6 is 0 Å². The highest BCUT2D eigenvalue weighted by Gasteiger charge is 2.32.